The Bertz CT molecular complexity index is 756. The Balaban J connectivity index is 1.47. The zero-order chi connectivity index (χ0) is 18.4. The molecular weight excluding hydrogens is 322 g/mol. The summed E-state index contributed by atoms with van der Waals surface area (Å²) in [4.78, 5) is 17.0. The minimum atomic E-state index is 0.249. The maximum absolute atomic E-state index is 12.6. The van der Waals surface area contributed by atoms with Gasteiger partial charge in [-0.3, -0.25) is 9.69 Å². The minimum Gasteiger partial charge on any atom is -0.340 e. The average molecular weight is 347 g/mol. The van der Waals surface area contributed by atoms with Crippen molar-refractivity contribution in [1.82, 2.24) is 9.80 Å². The Hall–Kier alpha value is -2.64. The van der Waals surface area contributed by atoms with E-state index < -0.39 is 0 Å². The first-order valence-electron chi connectivity index (χ1n) is 9.20. The first kappa shape index (κ1) is 18.2. The quantitative estimate of drug-likeness (QED) is 0.833. The first-order chi connectivity index (χ1) is 12.7. The fourth-order valence-corrected chi connectivity index (χ4v) is 3.39. The molecule has 4 heteroatoms. The number of nitriles is 1. The molecule has 0 spiro atoms. The molecule has 26 heavy (non-hydrogen) atoms. The van der Waals surface area contributed by atoms with Crippen LogP contribution in [0.1, 0.15) is 36.0 Å². The molecule has 0 aliphatic carbocycles. The summed E-state index contributed by atoms with van der Waals surface area (Å²) >= 11 is 0. The van der Waals surface area contributed by atoms with E-state index in [1.54, 1.807) is 0 Å². The third-order valence-corrected chi connectivity index (χ3v) is 5.06. The number of amides is 1. The summed E-state index contributed by atoms with van der Waals surface area (Å²) in [7, 11) is 0. The molecular formula is C22H25N3O. The van der Waals surface area contributed by atoms with Gasteiger partial charge in [-0.25, -0.2) is 0 Å². The van der Waals surface area contributed by atoms with Gasteiger partial charge in [-0.15, -0.1) is 0 Å². The van der Waals surface area contributed by atoms with Crippen LogP contribution in [0.15, 0.2) is 54.6 Å². The number of carbonyl (C=O) groups is 1. The molecule has 3 rings (SSSR count). The van der Waals surface area contributed by atoms with Gasteiger partial charge in [0, 0.05) is 39.1 Å². The van der Waals surface area contributed by atoms with E-state index in [0.29, 0.717) is 12.0 Å². The van der Waals surface area contributed by atoms with E-state index in [-0.39, 0.29) is 11.8 Å². The Morgan fingerprint density at radius 2 is 1.69 bits per heavy atom. The summed E-state index contributed by atoms with van der Waals surface area (Å²) in [5.74, 6) is 0.500. The van der Waals surface area contributed by atoms with Crippen molar-refractivity contribution in [1.29, 1.82) is 5.26 Å². The van der Waals surface area contributed by atoms with E-state index in [1.165, 1.54) is 11.1 Å². The largest absolute Gasteiger partial charge is 0.340 e. The van der Waals surface area contributed by atoms with Crippen molar-refractivity contribution >= 4 is 5.91 Å². The van der Waals surface area contributed by atoms with Gasteiger partial charge in [0.2, 0.25) is 5.91 Å². The summed E-state index contributed by atoms with van der Waals surface area (Å²) < 4.78 is 0. The fraction of sp³-hybridized carbons (Fsp3) is 0.364. The molecule has 0 aromatic heterocycles. The standard InChI is InChI=1S/C22H25N3O/c1-18(21-5-3-2-4-6-21)15-22(26)25-13-11-24(12-14-25)17-20-9-7-19(16-23)8-10-20/h2-10,18H,11-15,17H2,1H3. The fourth-order valence-electron chi connectivity index (χ4n) is 3.39. The molecule has 2 aromatic carbocycles. The summed E-state index contributed by atoms with van der Waals surface area (Å²) in [5.41, 5.74) is 3.12. The predicted molar refractivity (Wildman–Crippen MR) is 102 cm³/mol. The highest BCUT2D eigenvalue weighted by Gasteiger charge is 2.22. The molecule has 134 valence electrons. The lowest BCUT2D eigenvalue weighted by Crippen LogP contribution is -2.48. The molecule has 0 radical (unpaired) electrons. The number of rotatable bonds is 5. The van der Waals surface area contributed by atoms with Crippen molar-refractivity contribution in [2.75, 3.05) is 26.2 Å². The first-order valence-corrected chi connectivity index (χ1v) is 9.20. The second-order valence-electron chi connectivity index (χ2n) is 6.98. The van der Waals surface area contributed by atoms with Crippen molar-refractivity contribution < 1.29 is 4.79 Å². The van der Waals surface area contributed by atoms with Crippen molar-refractivity contribution in [3.8, 4) is 6.07 Å². The SMILES string of the molecule is CC(CC(=O)N1CCN(Cc2ccc(C#N)cc2)CC1)c1ccccc1. The van der Waals surface area contributed by atoms with Gasteiger partial charge in [0.1, 0.15) is 0 Å². The van der Waals surface area contributed by atoms with Crippen molar-refractivity contribution in [3.63, 3.8) is 0 Å². The molecule has 2 aromatic rings. The molecule has 1 unspecified atom stereocenters. The van der Waals surface area contributed by atoms with Crippen LogP contribution < -0.4 is 0 Å². The molecule has 0 bridgehead atoms. The normalized spacial score (nSPS) is 16.1. The molecule has 1 saturated heterocycles. The molecule has 1 fully saturated rings. The van der Waals surface area contributed by atoms with E-state index in [4.69, 9.17) is 5.26 Å². The van der Waals surface area contributed by atoms with Crippen LogP contribution in [-0.2, 0) is 11.3 Å². The van der Waals surface area contributed by atoms with E-state index in [9.17, 15) is 4.79 Å². The van der Waals surface area contributed by atoms with Crippen LogP contribution in [0.2, 0.25) is 0 Å². The summed E-state index contributed by atoms with van der Waals surface area (Å²) in [5, 5.41) is 8.87. The van der Waals surface area contributed by atoms with E-state index in [2.05, 4.69) is 30.0 Å². The van der Waals surface area contributed by atoms with Gasteiger partial charge in [-0.1, -0.05) is 49.4 Å². The monoisotopic (exact) mass is 347 g/mol. The molecule has 4 nitrogen and oxygen atoms in total. The van der Waals surface area contributed by atoms with Crippen molar-refractivity contribution in [3.05, 3.63) is 71.3 Å². The Kier molecular flexibility index (Phi) is 6.04. The Labute approximate surface area is 155 Å². The molecule has 0 saturated carbocycles. The summed E-state index contributed by atoms with van der Waals surface area (Å²) in [6.45, 7) is 6.35. The Morgan fingerprint density at radius 3 is 2.31 bits per heavy atom. The van der Waals surface area contributed by atoms with Gasteiger partial charge in [-0.05, 0) is 29.2 Å². The lowest BCUT2D eigenvalue weighted by atomic mass is 9.97. The number of hydrogen-bond donors (Lipinski definition) is 0. The van der Waals surface area contributed by atoms with Gasteiger partial charge in [-0.2, -0.15) is 5.26 Å². The summed E-state index contributed by atoms with van der Waals surface area (Å²) in [6.07, 6.45) is 0.569. The van der Waals surface area contributed by atoms with Gasteiger partial charge in [0.25, 0.3) is 0 Å². The van der Waals surface area contributed by atoms with E-state index in [1.807, 2.05) is 47.4 Å². The highest BCUT2D eigenvalue weighted by atomic mass is 16.2. The zero-order valence-corrected chi connectivity index (χ0v) is 15.3. The van der Waals surface area contributed by atoms with E-state index in [0.717, 1.165) is 32.7 Å². The lowest BCUT2D eigenvalue weighted by Gasteiger charge is -2.35. The number of hydrogen-bond acceptors (Lipinski definition) is 3. The smallest absolute Gasteiger partial charge is 0.223 e. The number of nitrogens with zero attached hydrogens (tertiary/aromatic N) is 3. The second-order valence-corrected chi connectivity index (χ2v) is 6.98. The van der Waals surface area contributed by atoms with Crippen LogP contribution in [0.3, 0.4) is 0 Å². The van der Waals surface area contributed by atoms with Crippen molar-refractivity contribution in [2.24, 2.45) is 0 Å². The molecule has 0 N–H and O–H groups in total. The Morgan fingerprint density at radius 1 is 1.04 bits per heavy atom. The van der Waals surface area contributed by atoms with Crippen LogP contribution in [0.5, 0.6) is 0 Å². The third-order valence-electron chi connectivity index (χ3n) is 5.06. The molecule has 1 amide bonds. The van der Waals surface area contributed by atoms with Crippen LogP contribution in [0.4, 0.5) is 0 Å². The minimum absolute atomic E-state index is 0.249. The number of benzene rings is 2. The molecule has 1 atom stereocenters. The van der Waals surface area contributed by atoms with Crippen molar-refractivity contribution in [2.45, 2.75) is 25.8 Å². The lowest BCUT2D eigenvalue weighted by molar-refractivity contribution is -0.133. The highest BCUT2D eigenvalue weighted by Crippen LogP contribution is 2.20. The van der Waals surface area contributed by atoms with Gasteiger partial charge in [0.05, 0.1) is 11.6 Å². The molecule has 1 heterocycles. The molecule has 1 aliphatic rings. The predicted octanol–water partition coefficient (Wildman–Crippen LogP) is 3.40. The van der Waals surface area contributed by atoms with Crippen LogP contribution >= 0.6 is 0 Å². The van der Waals surface area contributed by atoms with Gasteiger partial charge < -0.3 is 4.90 Å². The van der Waals surface area contributed by atoms with Crippen LogP contribution in [-0.4, -0.2) is 41.9 Å². The number of piperazine rings is 1. The molecule has 1 aliphatic heterocycles. The van der Waals surface area contributed by atoms with Gasteiger partial charge >= 0.3 is 0 Å². The topological polar surface area (TPSA) is 47.3 Å². The highest BCUT2D eigenvalue weighted by molar-refractivity contribution is 5.77. The number of carbonyl (C=O) groups excluding carboxylic acids is 1. The average Bonchev–Trinajstić information content (AvgIpc) is 2.69. The van der Waals surface area contributed by atoms with Crippen LogP contribution in [0, 0.1) is 11.3 Å². The third kappa shape index (κ3) is 4.71. The van der Waals surface area contributed by atoms with Crippen LogP contribution in [0.25, 0.3) is 0 Å². The maximum atomic E-state index is 12.6. The van der Waals surface area contributed by atoms with Gasteiger partial charge in [0.15, 0.2) is 0 Å². The van der Waals surface area contributed by atoms with E-state index >= 15 is 0 Å². The summed E-state index contributed by atoms with van der Waals surface area (Å²) in [6, 6.07) is 20.1. The maximum Gasteiger partial charge on any atom is 0.223 e. The zero-order valence-electron chi connectivity index (χ0n) is 15.3. The second kappa shape index (κ2) is 8.64.